The monoisotopic (exact) mass is 363 g/mol. The molecular weight excluding hydrogens is 350 g/mol. The van der Waals surface area contributed by atoms with Gasteiger partial charge in [-0.15, -0.1) is 0 Å². The fraction of sp³-hybridized carbons (Fsp3) is 0.0625. The molecule has 0 aromatic heterocycles. The number of nitro groups is 1. The third kappa shape index (κ3) is 5.14. The zero-order chi connectivity index (χ0) is 16.7. The molecule has 1 rings (SSSR count). The predicted molar refractivity (Wildman–Crippen MR) is 89.8 cm³/mol. The van der Waals surface area contributed by atoms with Gasteiger partial charge in [0.1, 0.15) is 5.75 Å². The molecule has 0 spiro atoms. The van der Waals surface area contributed by atoms with E-state index in [1.165, 1.54) is 25.1 Å². The van der Waals surface area contributed by atoms with E-state index in [0.717, 1.165) is 5.57 Å². The number of rotatable bonds is 6. The Labute approximate surface area is 136 Å². The molecule has 0 saturated carbocycles. The third-order valence-corrected chi connectivity index (χ3v) is 2.97. The lowest BCUT2D eigenvalue weighted by atomic mass is 10.1. The van der Waals surface area contributed by atoms with Crippen LogP contribution in [0.2, 0.25) is 0 Å². The number of allylic oxidation sites excluding steroid dienone is 5. The molecule has 0 unspecified atom stereocenters. The summed E-state index contributed by atoms with van der Waals surface area (Å²) < 4.78 is 5.67. The number of benzene rings is 1. The van der Waals surface area contributed by atoms with Crippen LogP contribution in [0.5, 0.6) is 5.75 Å². The van der Waals surface area contributed by atoms with Crippen molar-refractivity contribution < 1.29 is 14.5 Å². The molecule has 22 heavy (non-hydrogen) atoms. The number of hydrogen-bond acceptors (Lipinski definition) is 4. The van der Waals surface area contributed by atoms with E-state index < -0.39 is 10.9 Å². The van der Waals surface area contributed by atoms with Crippen LogP contribution >= 0.6 is 15.9 Å². The Bertz CT molecular complexity index is 689. The molecule has 0 heterocycles. The lowest BCUT2D eigenvalue weighted by molar-refractivity contribution is -0.384. The number of ether oxygens (including phenoxy) is 1. The van der Waals surface area contributed by atoms with Crippen LogP contribution < -0.4 is 4.74 Å². The van der Waals surface area contributed by atoms with E-state index in [1.54, 1.807) is 24.3 Å². The Morgan fingerprint density at radius 2 is 2.14 bits per heavy atom. The molecule has 6 heteroatoms. The zero-order valence-electron chi connectivity index (χ0n) is 11.9. The van der Waals surface area contributed by atoms with Crippen LogP contribution in [0.1, 0.15) is 12.5 Å². The van der Waals surface area contributed by atoms with Gasteiger partial charge < -0.3 is 4.74 Å². The molecule has 0 amide bonds. The summed E-state index contributed by atoms with van der Waals surface area (Å²) in [7, 11) is 0. The summed E-state index contributed by atoms with van der Waals surface area (Å²) in [6.07, 6.45) is 6.60. The maximum absolute atomic E-state index is 11.1. The second kappa shape index (κ2) is 8.09. The van der Waals surface area contributed by atoms with Gasteiger partial charge in [-0.3, -0.25) is 14.9 Å². The highest BCUT2D eigenvalue weighted by atomic mass is 79.9. The first kappa shape index (κ1) is 17.6. The Hall–Kier alpha value is -2.47. The molecule has 0 radical (unpaired) electrons. The number of hydrogen-bond donors (Lipinski definition) is 0. The molecule has 0 saturated heterocycles. The molecule has 0 aliphatic rings. The van der Waals surface area contributed by atoms with Crippen LogP contribution in [0.4, 0.5) is 5.69 Å². The lowest BCUT2D eigenvalue weighted by Gasteiger charge is -2.06. The number of non-ortho nitro benzene ring substituents is 1. The normalized spacial score (nSPS) is 11.3. The van der Waals surface area contributed by atoms with Gasteiger partial charge in [0.2, 0.25) is 0 Å². The lowest BCUT2D eigenvalue weighted by Crippen LogP contribution is -2.03. The van der Waals surface area contributed by atoms with Crippen LogP contribution in [0.15, 0.2) is 59.6 Å². The number of nitrogens with zero attached hydrogens (tertiary/aromatic N) is 1. The summed E-state index contributed by atoms with van der Waals surface area (Å²) in [5.74, 6) is -0.261. The smallest absolute Gasteiger partial charge is 0.308 e. The van der Waals surface area contributed by atoms with Crippen molar-refractivity contribution in [2.75, 3.05) is 0 Å². The number of carbonyl (C=O) groups is 1. The third-order valence-electron chi connectivity index (χ3n) is 2.51. The molecule has 0 fully saturated rings. The summed E-state index contributed by atoms with van der Waals surface area (Å²) in [6, 6.07) is 4.00. The average Bonchev–Trinajstić information content (AvgIpc) is 2.43. The largest absolute Gasteiger partial charge is 0.426 e. The molecule has 0 aliphatic heterocycles. The molecule has 1 aromatic carbocycles. The van der Waals surface area contributed by atoms with Crippen molar-refractivity contribution in [3.63, 3.8) is 0 Å². The maximum Gasteiger partial charge on any atom is 0.308 e. The van der Waals surface area contributed by atoms with Crippen molar-refractivity contribution in [2.45, 2.75) is 6.92 Å². The highest BCUT2D eigenvalue weighted by Crippen LogP contribution is 2.27. The number of halogens is 1. The number of nitro benzene ring substituents is 1. The van der Waals surface area contributed by atoms with Crippen molar-refractivity contribution >= 4 is 33.7 Å². The Balaban J connectivity index is 3.29. The van der Waals surface area contributed by atoms with Crippen LogP contribution in [0, 0.1) is 10.1 Å². The van der Waals surface area contributed by atoms with Crippen LogP contribution in [0.25, 0.3) is 6.08 Å². The standard InChI is InChI=1S/C16H14BrNO4/c1-4-5-13(11(2)17)6-7-14-10-15(18(20)21)8-9-16(14)22-12(3)19/h4-10H,1-2H2,3H3/b7-6+,13-5-. The van der Waals surface area contributed by atoms with E-state index in [-0.39, 0.29) is 11.4 Å². The number of carbonyl (C=O) groups excluding carboxylic acids is 1. The van der Waals surface area contributed by atoms with Gasteiger partial charge in [0.25, 0.3) is 5.69 Å². The summed E-state index contributed by atoms with van der Waals surface area (Å²) in [4.78, 5) is 21.5. The second-order valence-corrected chi connectivity index (χ2v) is 5.13. The first-order valence-corrected chi connectivity index (χ1v) is 6.97. The van der Waals surface area contributed by atoms with E-state index in [2.05, 4.69) is 29.1 Å². The fourth-order valence-corrected chi connectivity index (χ4v) is 1.83. The first-order chi connectivity index (χ1) is 10.3. The maximum atomic E-state index is 11.1. The quantitative estimate of drug-likeness (QED) is 0.244. The van der Waals surface area contributed by atoms with Crippen LogP contribution in [0.3, 0.4) is 0 Å². The minimum absolute atomic E-state index is 0.0949. The first-order valence-electron chi connectivity index (χ1n) is 6.17. The van der Waals surface area contributed by atoms with Crippen molar-refractivity contribution in [1.82, 2.24) is 0 Å². The molecule has 5 nitrogen and oxygen atoms in total. The average molecular weight is 364 g/mol. The summed E-state index contributed by atoms with van der Waals surface area (Å²) in [5, 5.41) is 10.9. The van der Waals surface area contributed by atoms with E-state index >= 15 is 0 Å². The summed E-state index contributed by atoms with van der Waals surface area (Å²) in [6.45, 7) is 8.62. The molecule has 0 aliphatic carbocycles. The minimum atomic E-state index is -0.515. The van der Waals surface area contributed by atoms with Crippen LogP contribution in [-0.2, 0) is 4.79 Å². The molecule has 1 aromatic rings. The van der Waals surface area contributed by atoms with Gasteiger partial charge in [-0.25, -0.2) is 0 Å². The SMILES string of the molecule is C=C/C=C(/C=C/c1cc([N+](=O)[O-])ccc1OC(C)=O)C(=C)Br. The van der Waals surface area contributed by atoms with Gasteiger partial charge in [0, 0.05) is 29.1 Å². The van der Waals surface area contributed by atoms with Crippen molar-refractivity contribution in [3.05, 3.63) is 75.3 Å². The highest BCUT2D eigenvalue weighted by Gasteiger charge is 2.11. The Kier molecular flexibility index (Phi) is 6.47. The fourth-order valence-electron chi connectivity index (χ4n) is 1.57. The molecule has 0 atom stereocenters. The van der Waals surface area contributed by atoms with Gasteiger partial charge in [0.05, 0.1) is 4.92 Å². The van der Waals surface area contributed by atoms with E-state index in [4.69, 9.17) is 4.74 Å². The second-order valence-electron chi connectivity index (χ2n) is 4.17. The van der Waals surface area contributed by atoms with Crippen molar-refractivity contribution in [2.24, 2.45) is 0 Å². The van der Waals surface area contributed by atoms with Crippen molar-refractivity contribution in [3.8, 4) is 5.75 Å². The highest BCUT2D eigenvalue weighted by molar-refractivity contribution is 9.11. The van der Waals surface area contributed by atoms with E-state index in [9.17, 15) is 14.9 Å². The van der Waals surface area contributed by atoms with Gasteiger partial charge in [0.15, 0.2) is 0 Å². The van der Waals surface area contributed by atoms with Crippen LogP contribution in [-0.4, -0.2) is 10.9 Å². The molecule has 0 bridgehead atoms. The number of esters is 1. The van der Waals surface area contributed by atoms with E-state index in [1.807, 2.05) is 0 Å². The summed E-state index contributed by atoms with van der Waals surface area (Å²) in [5.41, 5.74) is 1.05. The Morgan fingerprint density at radius 1 is 1.45 bits per heavy atom. The summed E-state index contributed by atoms with van der Waals surface area (Å²) >= 11 is 3.26. The topological polar surface area (TPSA) is 69.4 Å². The van der Waals surface area contributed by atoms with Crippen molar-refractivity contribution in [1.29, 1.82) is 0 Å². The molecule has 114 valence electrons. The van der Waals surface area contributed by atoms with Gasteiger partial charge in [-0.05, 0) is 11.6 Å². The van der Waals surface area contributed by atoms with Gasteiger partial charge >= 0.3 is 5.97 Å². The Morgan fingerprint density at radius 3 is 2.64 bits per heavy atom. The van der Waals surface area contributed by atoms with Gasteiger partial charge in [-0.2, -0.15) is 0 Å². The van der Waals surface area contributed by atoms with Gasteiger partial charge in [-0.1, -0.05) is 53.4 Å². The molecule has 0 N–H and O–H groups in total. The molecular formula is C16H14BrNO4. The zero-order valence-corrected chi connectivity index (χ0v) is 13.5. The minimum Gasteiger partial charge on any atom is -0.426 e. The van der Waals surface area contributed by atoms with E-state index in [0.29, 0.717) is 10.0 Å². The predicted octanol–water partition coefficient (Wildman–Crippen LogP) is 4.55.